The number of esters is 1. The van der Waals surface area contributed by atoms with E-state index in [1.54, 1.807) is 24.3 Å². The van der Waals surface area contributed by atoms with Crippen LogP contribution in [-0.2, 0) is 9.53 Å². The zero-order valence-corrected chi connectivity index (χ0v) is 15.4. The second-order valence-corrected chi connectivity index (χ2v) is 6.47. The fourth-order valence-electron chi connectivity index (χ4n) is 3.09. The van der Waals surface area contributed by atoms with Gasteiger partial charge >= 0.3 is 5.97 Å². The van der Waals surface area contributed by atoms with Crippen LogP contribution in [0.4, 0.5) is 5.69 Å². The van der Waals surface area contributed by atoms with Gasteiger partial charge in [0.25, 0.3) is 5.91 Å². The number of hydrogen-bond acceptors (Lipinski definition) is 4. The molecule has 0 radical (unpaired) electrons. The topological polar surface area (TPSA) is 69.6 Å². The Bertz CT molecular complexity index is 804. The molecule has 6 nitrogen and oxygen atoms in total. The lowest BCUT2D eigenvalue weighted by Gasteiger charge is -2.09. The summed E-state index contributed by atoms with van der Waals surface area (Å²) in [6.07, 6.45) is 2.30. The molecule has 1 aromatic carbocycles. The van der Waals surface area contributed by atoms with Gasteiger partial charge in [-0.2, -0.15) is 0 Å². The molecule has 1 amide bonds. The van der Waals surface area contributed by atoms with Crippen LogP contribution < -0.4 is 10.1 Å². The minimum absolute atomic E-state index is 0.320. The van der Waals surface area contributed by atoms with Crippen molar-refractivity contribution < 1.29 is 19.1 Å². The summed E-state index contributed by atoms with van der Waals surface area (Å²) < 4.78 is 12.7. The van der Waals surface area contributed by atoms with Crippen molar-refractivity contribution in [3.63, 3.8) is 0 Å². The molecule has 26 heavy (non-hydrogen) atoms. The highest BCUT2D eigenvalue weighted by atomic mass is 16.5. The predicted molar refractivity (Wildman–Crippen MR) is 98.7 cm³/mol. The summed E-state index contributed by atoms with van der Waals surface area (Å²) in [7, 11) is 0. The number of hydrogen-bond donors (Lipinski definition) is 1. The van der Waals surface area contributed by atoms with Crippen LogP contribution in [0.1, 0.15) is 47.6 Å². The summed E-state index contributed by atoms with van der Waals surface area (Å²) in [5.74, 6) is -0.103. The first kappa shape index (κ1) is 18.0. The van der Waals surface area contributed by atoms with Crippen molar-refractivity contribution in [2.24, 2.45) is 0 Å². The van der Waals surface area contributed by atoms with E-state index in [4.69, 9.17) is 9.47 Å². The minimum atomic E-state index is -0.466. The Balaban J connectivity index is 1.54. The Kier molecular flexibility index (Phi) is 5.30. The molecule has 3 rings (SSSR count). The third-order valence-electron chi connectivity index (χ3n) is 4.40. The molecule has 6 heteroatoms. The van der Waals surface area contributed by atoms with Gasteiger partial charge in [0.2, 0.25) is 0 Å². The molecule has 0 unspecified atom stereocenters. The monoisotopic (exact) mass is 356 g/mol. The molecule has 0 aliphatic heterocycles. The molecule has 1 aromatic heterocycles. The third kappa shape index (κ3) is 4.07. The maximum absolute atomic E-state index is 12.3. The first-order valence-electron chi connectivity index (χ1n) is 8.88. The van der Waals surface area contributed by atoms with E-state index in [1.165, 1.54) is 0 Å². The molecule has 1 saturated carbocycles. The second kappa shape index (κ2) is 7.64. The molecule has 0 bridgehead atoms. The summed E-state index contributed by atoms with van der Waals surface area (Å²) in [5, 5.41) is 2.70. The quantitative estimate of drug-likeness (QED) is 0.769. The standard InChI is InChI=1S/C20H24N2O4/c1-4-25-17-9-5-15(6-10-17)21-19(23)12-26-20(24)18-11-13(2)22(14(18)3)16-7-8-16/h5-6,9-11,16H,4,7-8,12H2,1-3H3,(H,21,23). The van der Waals surface area contributed by atoms with Gasteiger partial charge in [-0.15, -0.1) is 0 Å². The lowest BCUT2D eigenvalue weighted by atomic mass is 10.2. The number of carbonyl (C=O) groups excluding carboxylic acids is 2. The van der Waals surface area contributed by atoms with Crippen molar-refractivity contribution >= 4 is 17.6 Å². The molecule has 0 saturated heterocycles. The minimum Gasteiger partial charge on any atom is -0.494 e. The van der Waals surface area contributed by atoms with Crippen molar-refractivity contribution in [3.8, 4) is 5.75 Å². The number of benzene rings is 1. The second-order valence-electron chi connectivity index (χ2n) is 6.47. The number of ether oxygens (including phenoxy) is 2. The Labute approximate surface area is 153 Å². The number of amides is 1. The third-order valence-corrected chi connectivity index (χ3v) is 4.40. The normalized spacial score (nSPS) is 13.3. The summed E-state index contributed by atoms with van der Waals surface area (Å²) >= 11 is 0. The van der Waals surface area contributed by atoms with Gasteiger partial charge in [-0.05, 0) is 63.9 Å². The van der Waals surface area contributed by atoms with Gasteiger partial charge in [-0.3, -0.25) is 4.79 Å². The van der Waals surface area contributed by atoms with Crippen LogP contribution in [0, 0.1) is 13.8 Å². The molecule has 1 aliphatic carbocycles. The van der Waals surface area contributed by atoms with Gasteiger partial charge in [-0.1, -0.05) is 0 Å². The van der Waals surface area contributed by atoms with Gasteiger partial charge in [0.1, 0.15) is 5.75 Å². The van der Waals surface area contributed by atoms with Crippen LogP contribution in [0.25, 0.3) is 0 Å². The average molecular weight is 356 g/mol. The molecular formula is C20H24N2O4. The number of nitrogens with zero attached hydrogens (tertiary/aromatic N) is 1. The fourth-order valence-corrected chi connectivity index (χ4v) is 3.09. The van der Waals surface area contributed by atoms with E-state index >= 15 is 0 Å². The van der Waals surface area contributed by atoms with E-state index in [0.717, 1.165) is 30.0 Å². The van der Waals surface area contributed by atoms with Gasteiger partial charge in [0, 0.05) is 23.1 Å². The SMILES string of the molecule is CCOc1ccc(NC(=O)COC(=O)c2cc(C)n(C3CC3)c2C)cc1. The smallest absolute Gasteiger partial charge is 0.340 e. The molecule has 1 N–H and O–H groups in total. The highest BCUT2D eigenvalue weighted by Gasteiger charge is 2.28. The van der Waals surface area contributed by atoms with Crippen molar-refractivity contribution in [2.75, 3.05) is 18.5 Å². The average Bonchev–Trinajstić information content (AvgIpc) is 3.40. The highest BCUT2D eigenvalue weighted by Crippen LogP contribution is 2.38. The van der Waals surface area contributed by atoms with Crippen molar-refractivity contribution in [3.05, 3.63) is 47.3 Å². The van der Waals surface area contributed by atoms with Gasteiger partial charge in [0.05, 0.1) is 12.2 Å². The molecule has 1 heterocycles. The first-order valence-corrected chi connectivity index (χ1v) is 8.88. The van der Waals surface area contributed by atoms with E-state index < -0.39 is 5.97 Å². The number of aromatic nitrogens is 1. The lowest BCUT2D eigenvalue weighted by molar-refractivity contribution is -0.119. The molecule has 0 spiro atoms. The number of carbonyl (C=O) groups is 2. The maximum atomic E-state index is 12.3. The van der Waals surface area contributed by atoms with Crippen LogP contribution in [0.5, 0.6) is 5.75 Å². The Morgan fingerprint density at radius 3 is 2.50 bits per heavy atom. The predicted octanol–water partition coefficient (Wildman–Crippen LogP) is 3.63. The van der Waals surface area contributed by atoms with Crippen LogP contribution in [0.3, 0.4) is 0 Å². The summed E-state index contributed by atoms with van der Waals surface area (Å²) in [6.45, 7) is 6.08. The Morgan fingerprint density at radius 2 is 1.88 bits per heavy atom. The maximum Gasteiger partial charge on any atom is 0.340 e. The Morgan fingerprint density at radius 1 is 1.19 bits per heavy atom. The number of aryl methyl sites for hydroxylation is 1. The fraction of sp³-hybridized carbons (Fsp3) is 0.400. The molecule has 0 atom stereocenters. The van der Waals surface area contributed by atoms with Gasteiger partial charge in [-0.25, -0.2) is 4.79 Å². The van der Waals surface area contributed by atoms with Crippen LogP contribution >= 0.6 is 0 Å². The van der Waals surface area contributed by atoms with Gasteiger partial charge < -0.3 is 19.4 Å². The number of nitrogens with one attached hydrogen (secondary N) is 1. The van der Waals surface area contributed by atoms with Crippen LogP contribution in [-0.4, -0.2) is 29.7 Å². The van der Waals surface area contributed by atoms with Crippen LogP contribution in [0.15, 0.2) is 30.3 Å². The number of rotatable bonds is 7. The molecule has 2 aromatic rings. The van der Waals surface area contributed by atoms with E-state index in [2.05, 4.69) is 9.88 Å². The van der Waals surface area contributed by atoms with Crippen molar-refractivity contribution in [1.29, 1.82) is 0 Å². The van der Waals surface area contributed by atoms with Crippen molar-refractivity contribution in [1.82, 2.24) is 4.57 Å². The molecule has 138 valence electrons. The van der Waals surface area contributed by atoms with Crippen LogP contribution in [0.2, 0.25) is 0 Å². The van der Waals surface area contributed by atoms with E-state index in [9.17, 15) is 9.59 Å². The first-order chi connectivity index (χ1) is 12.5. The van der Waals surface area contributed by atoms with E-state index in [0.29, 0.717) is 23.9 Å². The zero-order valence-electron chi connectivity index (χ0n) is 15.4. The molecular weight excluding hydrogens is 332 g/mol. The lowest BCUT2D eigenvalue weighted by Crippen LogP contribution is -2.21. The molecule has 1 aliphatic rings. The van der Waals surface area contributed by atoms with E-state index in [1.807, 2.05) is 26.8 Å². The highest BCUT2D eigenvalue weighted by molar-refractivity contribution is 5.96. The van der Waals surface area contributed by atoms with Gasteiger partial charge in [0.15, 0.2) is 6.61 Å². The van der Waals surface area contributed by atoms with E-state index in [-0.39, 0.29) is 12.5 Å². The number of anilines is 1. The summed E-state index contributed by atoms with van der Waals surface area (Å²) in [6, 6.07) is 9.37. The Hall–Kier alpha value is -2.76. The summed E-state index contributed by atoms with van der Waals surface area (Å²) in [5.41, 5.74) is 3.11. The summed E-state index contributed by atoms with van der Waals surface area (Å²) in [4.78, 5) is 24.3. The molecule has 1 fully saturated rings. The zero-order chi connectivity index (χ0) is 18.7. The largest absolute Gasteiger partial charge is 0.494 e. The van der Waals surface area contributed by atoms with Crippen molar-refractivity contribution in [2.45, 2.75) is 39.7 Å².